The predicted molar refractivity (Wildman–Crippen MR) is 74.2 cm³/mol. The fourth-order valence-corrected chi connectivity index (χ4v) is 1.85. The van der Waals surface area contributed by atoms with Gasteiger partial charge in [-0.3, -0.25) is 0 Å². The standard InChI is InChI=1S/C15H17FN2O/c1-5-19-10(4)13-11-7-6-8-12(16)14(11)18-15(17-13)9(2)3/h6-9H,4-5H2,1-3H3. The summed E-state index contributed by atoms with van der Waals surface area (Å²) in [6.07, 6.45) is 0. The Morgan fingerprint density at radius 2 is 2.11 bits per heavy atom. The number of para-hydroxylation sites is 1. The Bertz CT molecular complexity index is 623. The van der Waals surface area contributed by atoms with E-state index in [0.29, 0.717) is 34.8 Å². The summed E-state index contributed by atoms with van der Waals surface area (Å²) in [5.74, 6) is 0.792. The molecule has 0 fully saturated rings. The minimum Gasteiger partial charge on any atom is -0.492 e. The molecule has 0 aliphatic carbocycles. The first-order chi connectivity index (χ1) is 9.04. The molecule has 2 rings (SSSR count). The van der Waals surface area contributed by atoms with Crippen LogP contribution in [0, 0.1) is 5.82 Å². The molecule has 0 radical (unpaired) electrons. The molecule has 100 valence electrons. The van der Waals surface area contributed by atoms with Gasteiger partial charge in [0.15, 0.2) is 0 Å². The Labute approximate surface area is 112 Å². The van der Waals surface area contributed by atoms with Crippen molar-refractivity contribution in [3.8, 4) is 0 Å². The molecule has 0 saturated heterocycles. The lowest BCUT2D eigenvalue weighted by Gasteiger charge is -2.12. The van der Waals surface area contributed by atoms with Gasteiger partial charge in [0.2, 0.25) is 0 Å². The Morgan fingerprint density at radius 3 is 2.74 bits per heavy atom. The van der Waals surface area contributed by atoms with E-state index in [-0.39, 0.29) is 11.7 Å². The van der Waals surface area contributed by atoms with Gasteiger partial charge in [-0.05, 0) is 13.0 Å². The topological polar surface area (TPSA) is 35.0 Å². The van der Waals surface area contributed by atoms with E-state index in [1.807, 2.05) is 20.8 Å². The number of aromatic nitrogens is 2. The van der Waals surface area contributed by atoms with E-state index in [4.69, 9.17) is 4.74 Å². The minimum atomic E-state index is -0.354. The third-order valence-electron chi connectivity index (χ3n) is 2.79. The average molecular weight is 260 g/mol. The summed E-state index contributed by atoms with van der Waals surface area (Å²) in [4.78, 5) is 8.75. The van der Waals surface area contributed by atoms with Crippen LogP contribution in [0.2, 0.25) is 0 Å². The van der Waals surface area contributed by atoms with Crippen LogP contribution < -0.4 is 0 Å². The molecule has 0 bridgehead atoms. The second-order valence-corrected chi connectivity index (χ2v) is 4.58. The van der Waals surface area contributed by atoms with Crippen LogP contribution in [0.4, 0.5) is 4.39 Å². The molecule has 2 aromatic rings. The number of nitrogens with zero attached hydrogens (tertiary/aromatic N) is 2. The highest BCUT2D eigenvalue weighted by atomic mass is 19.1. The Morgan fingerprint density at radius 1 is 1.37 bits per heavy atom. The monoisotopic (exact) mass is 260 g/mol. The molecule has 0 atom stereocenters. The number of benzene rings is 1. The van der Waals surface area contributed by atoms with E-state index < -0.39 is 0 Å². The second-order valence-electron chi connectivity index (χ2n) is 4.58. The molecule has 0 aliphatic rings. The summed E-state index contributed by atoms with van der Waals surface area (Å²) in [5, 5.41) is 0.628. The lowest BCUT2D eigenvalue weighted by atomic mass is 10.1. The fraction of sp³-hybridized carbons (Fsp3) is 0.333. The molecule has 1 aromatic carbocycles. The molecule has 1 aromatic heterocycles. The van der Waals surface area contributed by atoms with Gasteiger partial charge in [-0.2, -0.15) is 0 Å². The van der Waals surface area contributed by atoms with E-state index in [9.17, 15) is 4.39 Å². The molecule has 19 heavy (non-hydrogen) atoms. The third kappa shape index (κ3) is 2.57. The van der Waals surface area contributed by atoms with Crippen molar-refractivity contribution in [3.63, 3.8) is 0 Å². The maximum atomic E-state index is 13.9. The van der Waals surface area contributed by atoms with Crippen LogP contribution >= 0.6 is 0 Å². The molecule has 0 aliphatic heterocycles. The van der Waals surface area contributed by atoms with Gasteiger partial charge >= 0.3 is 0 Å². The number of hydrogen-bond donors (Lipinski definition) is 0. The summed E-state index contributed by atoms with van der Waals surface area (Å²) in [5.41, 5.74) is 0.882. The molecule has 0 unspecified atom stereocenters. The highest BCUT2D eigenvalue weighted by Gasteiger charge is 2.15. The van der Waals surface area contributed by atoms with Crippen molar-refractivity contribution < 1.29 is 9.13 Å². The summed E-state index contributed by atoms with van der Waals surface area (Å²) >= 11 is 0. The van der Waals surface area contributed by atoms with E-state index >= 15 is 0 Å². The Hall–Kier alpha value is -1.97. The summed E-state index contributed by atoms with van der Waals surface area (Å²) in [6.45, 7) is 10.2. The number of ether oxygens (including phenoxy) is 1. The van der Waals surface area contributed by atoms with Crippen LogP contribution in [-0.4, -0.2) is 16.6 Å². The zero-order valence-corrected chi connectivity index (χ0v) is 11.4. The SMILES string of the molecule is C=C(OCC)c1nc(C(C)C)nc2c(F)cccc12. The molecule has 0 amide bonds. The van der Waals surface area contributed by atoms with Crippen molar-refractivity contribution >= 4 is 16.7 Å². The quantitative estimate of drug-likeness (QED) is 0.782. The van der Waals surface area contributed by atoms with Gasteiger partial charge in [-0.15, -0.1) is 0 Å². The first-order valence-electron chi connectivity index (χ1n) is 6.32. The molecule has 3 nitrogen and oxygen atoms in total. The maximum absolute atomic E-state index is 13.9. The summed E-state index contributed by atoms with van der Waals surface area (Å²) in [6, 6.07) is 4.81. The smallest absolute Gasteiger partial charge is 0.149 e. The third-order valence-corrected chi connectivity index (χ3v) is 2.79. The van der Waals surface area contributed by atoms with E-state index in [1.54, 1.807) is 12.1 Å². The molecule has 0 N–H and O–H groups in total. The van der Waals surface area contributed by atoms with Crippen molar-refractivity contribution in [2.24, 2.45) is 0 Å². The van der Waals surface area contributed by atoms with Crippen LogP contribution in [0.15, 0.2) is 24.8 Å². The first kappa shape index (κ1) is 13.5. The number of hydrogen-bond acceptors (Lipinski definition) is 3. The zero-order chi connectivity index (χ0) is 14.0. The highest BCUT2D eigenvalue weighted by Crippen LogP contribution is 2.26. The van der Waals surface area contributed by atoms with Crippen LogP contribution in [0.5, 0.6) is 0 Å². The number of rotatable bonds is 4. The fourth-order valence-electron chi connectivity index (χ4n) is 1.85. The van der Waals surface area contributed by atoms with Gasteiger partial charge in [0.1, 0.15) is 28.6 Å². The van der Waals surface area contributed by atoms with Crippen molar-refractivity contribution in [2.75, 3.05) is 6.61 Å². The lowest BCUT2D eigenvalue weighted by molar-refractivity contribution is 0.298. The average Bonchev–Trinajstić information content (AvgIpc) is 2.38. The van der Waals surface area contributed by atoms with E-state index in [0.717, 1.165) is 0 Å². The van der Waals surface area contributed by atoms with E-state index in [1.165, 1.54) is 6.07 Å². The lowest BCUT2D eigenvalue weighted by Crippen LogP contribution is -2.04. The summed E-state index contributed by atoms with van der Waals surface area (Å²) in [7, 11) is 0. The van der Waals surface area contributed by atoms with Gasteiger partial charge in [0, 0.05) is 11.3 Å². The molecule has 0 spiro atoms. The van der Waals surface area contributed by atoms with Crippen molar-refractivity contribution in [3.05, 3.63) is 42.1 Å². The van der Waals surface area contributed by atoms with E-state index in [2.05, 4.69) is 16.5 Å². The van der Waals surface area contributed by atoms with Gasteiger partial charge in [0.25, 0.3) is 0 Å². The molecule has 4 heteroatoms. The van der Waals surface area contributed by atoms with Crippen LogP contribution in [0.3, 0.4) is 0 Å². The molecule has 0 saturated carbocycles. The Kier molecular flexibility index (Phi) is 3.79. The predicted octanol–water partition coefficient (Wildman–Crippen LogP) is 3.90. The van der Waals surface area contributed by atoms with Crippen LogP contribution in [0.1, 0.15) is 38.2 Å². The number of fused-ring (bicyclic) bond motifs is 1. The first-order valence-corrected chi connectivity index (χ1v) is 6.32. The second kappa shape index (κ2) is 5.34. The molecule has 1 heterocycles. The van der Waals surface area contributed by atoms with Crippen LogP contribution in [-0.2, 0) is 4.74 Å². The number of halogens is 1. The molecular formula is C15H17FN2O. The van der Waals surface area contributed by atoms with Gasteiger partial charge in [-0.25, -0.2) is 14.4 Å². The van der Waals surface area contributed by atoms with Crippen molar-refractivity contribution in [1.29, 1.82) is 0 Å². The highest BCUT2D eigenvalue weighted by molar-refractivity contribution is 5.88. The zero-order valence-electron chi connectivity index (χ0n) is 11.4. The van der Waals surface area contributed by atoms with Gasteiger partial charge in [-0.1, -0.05) is 32.6 Å². The van der Waals surface area contributed by atoms with Gasteiger partial charge in [0.05, 0.1) is 6.61 Å². The minimum absolute atomic E-state index is 0.109. The van der Waals surface area contributed by atoms with Crippen LogP contribution in [0.25, 0.3) is 16.7 Å². The normalized spacial score (nSPS) is 11.0. The van der Waals surface area contributed by atoms with Gasteiger partial charge < -0.3 is 4.74 Å². The van der Waals surface area contributed by atoms with Crippen molar-refractivity contribution in [2.45, 2.75) is 26.7 Å². The van der Waals surface area contributed by atoms with Crippen molar-refractivity contribution in [1.82, 2.24) is 9.97 Å². The largest absolute Gasteiger partial charge is 0.492 e. The molecular weight excluding hydrogens is 243 g/mol. The maximum Gasteiger partial charge on any atom is 0.149 e. The summed E-state index contributed by atoms with van der Waals surface area (Å²) < 4.78 is 19.3. The Balaban J connectivity index is 2.72.